The fourth-order valence-electron chi connectivity index (χ4n) is 2.93. The van der Waals surface area contributed by atoms with Gasteiger partial charge in [-0.05, 0) is 12.5 Å². The largest absolute Gasteiger partial charge is 0.379 e. The molecule has 2 heterocycles. The Morgan fingerprint density at radius 1 is 1.25 bits per heavy atom. The van der Waals surface area contributed by atoms with Crippen molar-refractivity contribution in [2.75, 3.05) is 19.5 Å². The maximum atomic E-state index is 12.4. The molecule has 1 aliphatic heterocycles. The van der Waals surface area contributed by atoms with Crippen LogP contribution in [0.15, 0.2) is 30.3 Å². The number of sulfonamides is 1. The second-order valence-electron chi connectivity index (χ2n) is 5.94. The van der Waals surface area contributed by atoms with Crippen molar-refractivity contribution in [3.8, 4) is 0 Å². The Balaban J connectivity index is 1.90. The summed E-state index contributed by atoms with van der Waals surface area (Å²) in [6.45, 7) is 3.94. The zero-order valence-corrected chi connectivity index (χ0v) is 14.7. The third-order valence-corrected chi connectivity index (χ3v) is 5.57. The Morgan fingerprint density at radius 2 is 2.00 bits per heavy atom. The van der Waals surface area contributed by atoms with Crippen LogP contribution in [-0.2, 0) is 34.3 Å². The molecule has 0 bridgehead atoms. The first-order valence-electron chi connectivity index (χ1n) is 7.97. The van der Waals surface area contributed by atoms with Crippen molar-refractivity contribution in [2.45, 2.75) is 32.5 Å². The number of aromatic nitrogens is 3. The van der Waals surface area contributed by atoms with Crippen molar-refractivity contribution in [3.05, 3.63) is 47.5 Å². The van der Waals surface area contributed by atoms with E-state index < -0.39 is 10.0 Å². The van der Waals surface area contributed by atoms with Gasteiger partial charge < -0.3 is 9.30 Å². The lowest BCUT2D eigenvalue weighted by Gasteiger charge is -2.27. The second kappa shape index (κ2) is 7.00. The van der Waals surface area contributed by atoms with Gasteiger partial charge in [0.05, 0.1) is 26.0 Å². The molecule has 24 heavy (non-hydrogen) atoms. The molecule has 0 amide bonds. The lowest BCUT2D eigenvalue weighted by molar-refractivity contribution is 0.139. The fourth-order valence-corrected chi connectivity index (χ4v) is 3.98. The van der Waals surface area contributed by atoms with Crippen molar-refractivity contribution < 1.29 is 13.2 Å². The first-order valence-corrected chi connectivity index (χ1v) is 9.82. The van der Waals surface area contributed by atoms with Crippen LogP contribution in [-0.4, -0.2) is 47.0 Å². The molecule has 1 atom stereocenters. The second-order valence-corrected chi connectivity index (χ2v) is 7.88. The molecule has 8 heteroatoms. The molecule has 0 spiro atoms. The monoisotopic (exact) mass is 350 g/mol. The van der Waals surface area contributed by atoms with E-state index in [4.69, 9.17) is 4.74 Å². The van der Waals surface area contributed by atoms with Gasteiger partial charge in [0.1, 0.15) is 11.6 Å². The minimum absolute atomic E-state index is 0.196. The summed E-state index contributed by atoms with van der Waals surface area (Å²) in [5.41, 5.74) is 0.946. The Bertz CT molecular complexity index is 789. The summed E-state index contributed by atoms with van der Waals surface area (Å²) in [4.78, 5) is 0. The van der Waals surface area contributed by atoms with E-state index in [-0.39, 0.29) is 12.6 Å². The van der Waals surface area contributed by atoms with E-state index in [1.54, 1.807) is 0 Å². The summed E-state index contributed by atoms with van der Waals surface area (Å²) in [6, 6.07) is 9.32. The van der Waals surface area contributed by atoms with Crippen LogP contribution in [0, 0.1) is 0 Å². The van der Waals surface area contributed by atoms with Crippen molar-refractivity contribution >= 4 is 10.0 Å². The van der Waals surface area contributed by atoms with E-state index in [1.807, 2.05) is 41.8 Å². The highest BCUT2D eigenvalue weighted by Gasteiger charge is 2.27. The molecule has 1 aromatic carbocycles. The summed E-state index contributed by atoms with van der Waals surface area (Å²) in [5.74, 6) is 1.51. The minimum Gasteiger partial charge on any atom is -0.379 e. The molecule has 1 aliphatic rings. The number of ether oxygens (including phenoxy) is 1. The lowest BCUT2D eigenvalue weighted by Crippen LogP contribution is -2.33. The number of benzene rings is 1. The van der Waals surface area contributed by atoms with Crippen LogP contribution in [0.2, 0.25) is 0 Å². The number of hydrogen-bond acceptors (Lipinski definition) is 5. The summed E-state index contributed by atoms with van der Waals surface area (Å²) >= 11 is 0. The smallest absolute Gasteiger partial charge is 0.212 e. The van der Waals surface area contributed by atoms with Gasteiger partial charge in [0.15, 0.2) is 0 Å². The van der Waals surface area contributed by atoms with Crippen molar-refractivity contribution in [3.63, 3.8) is 0 Å². The molecular formula is C16H22N4O3S. The highest BCUT2D eigenvalue weighted by atomic mass is 32.2. The van der Waals surface area contributed by atoms with E-state index in [9.17, 15) is 8.42 Å². The third-order valence-electron chi connectivity index (χ3n) is 4.27. The van der Waals surface area contributed by atoms with E-state index in [0.717, 1.165) is 11.4 Å². The predicted molar refractivity (Wildman–Crippen MR) is 89.8 cm³/mol. The standard InChI is InChI=1S/C16H22N4O3S/c1-13(14-6-4-3-5-7-14)20(24(2,21)22)12-16-18-17-15-8-10-23-11-9-19(15)16/h3-7,13H,8-12H2,1-2H3. The highest BCUT2D eigenvalue weighted by molar-refractivity contribution is 7.88. The number of hydrogen-bond donors (Lipinski definition) is 0. The Kier molecular flexibility index (Phi) is 4.98. The summed E-state index contributed by atoms with van der Waals surface area (Å²) in [5, 5.41) is 8.42. The van der Waals surface area contributed by atoms with Crippen LogP contribution in [0.5, 0.6) is 0 Å². The van der Waals surface area contributed by atoms with Gasteiger partial charge in [0, 0.05) is 19.0 Å². The van der Waals surface area contributed by atoms with Gasteiger partial charge in [-0.15, -0.1) is 10.2 Å². The topological polar surface area (TPSA) is 77.3 Å². The van der Waals surface area contributed by atoms with Crippen LogP contribution < -0.4 is 0 Å². The number of rotatable bonds is 5. The van der Waals surface area contributed by atoms with Gasteiger partial charge in [-0.25, -0.2) is 8.42 Å². The van der Waals surface area contributed by atoms with E-state index in [2.05, 4.69) is 10.2 Å². The molecule has 130 valence electrons. The van der Waals surface area contributed by atoms with E-state index >= 15 is 0 Å². The highest BCUT2D eigenvalue weighted by Crippen LogP contribution is 2.25. The molecule has 0 aliphatic carbocycles. The Hall–Kier alpha value is -1.77. The average molecular weight is 350 g/mol. The molecule has 0 radical (unpaired) electrons. The van der Waals surface area contributed by atoms with Gasteiger partial charge in [-0.1, -0.05) is 30.3 Å². The molecule has 0 saturated heterocycles. The summed E-state index contributed by atoms with van der Waals surface area (Å²) < 4.78 is 33.6. The first kappa shape index (κ1) is 17.1. The number of fused-ring (bicyclic) bond motifs is 1. The summed E-state index contributed by atoms with van der Waals surface area (Å²) in [6.07, 6.45) is 1.93. The zero-order chi connectivity index (χ0) is 17.2. The molecule has 0 N–H and O–H groups in total. The Labute approximate surface area is 142 Å². The van der Waals surface area contributed by atoms with Crippen LogP contribution in [0.1, 0.15) is 30.2 Å². The minimum atomic E-state index is -3.40. The first-order chi connectivity index (χ1) is 11.5. The molecule has 3 rings (SSSR count). The van der Waals surface area contributed by atoms with Gasteiger partial charge in [0.25, 0.3) is 0 Å². The SMILES string of the molecule is CC(c1ccccc1)N(Cc1nnc2n1CCOCC2)S(C)(=O)=O. The van der Waals surface area contributed by atoms with Crippen LogP contribution >= 0.6 is 0 Å². The third kappa shape index (κ3) is 3.66. The lowest BCUT2D eigenvalue weighted by atomic mass is 10.1. The van der Waals surface area contributed by atoms with Crippen molar-refractivity contribution in [1.29, 1.82) is 0 Å². The van der Waals surface area contributed by atoms with Crippen LogP contribution in [0.4, 0.5) is 0 Å². The molecule has 0 saturated carbocycles. The van der Waals surface area contributed by atoms with Crippen molar-refractivity contribution in [2.24, 2.45) is 0 Å². The fraction of sp³-hybridized carbons (Fsp3) is 0.500. The van der Waals surface area contributed by atoms with Crippen molar-refractivity contribution in [1.82, 2.24) is 19.1 Å². The van der Waals surface area contributed by atoms with Gasteiger partial charge >= 0.3 is 0 Å². The Morgan fingerprint density at radius 3 is 2.71 bits per heavy atom. The van der Waals surface area contributed by atoms with Gasteiger partial charge in [-0.3, -0.25) is 0 Å². The molecule has 1 aromatic heterocycles. The quantitative estimate of drug-likeness (QED) is 0.814. The predicted octanol–water partition coefficient (Wildman–Crippen LogP) is 1.37. The van der Waals surface area contributed by atoms with Crippen LogP contribution in [0.25, 0.3) is 0 Å². The molecule has 2 aromatic rings. The molecule has 7 nitrogen and oxygen atoms in total. The molecular weight excluding hydrogens is 328 g/mol. The van der Waals surface area contributed by atoms with Gasteiger partial charge in [-0.2, -0.15) is 4.31 Å². The molecule has 1 unspecified atom stereocenters. The van der Waals surface area contributed by atoms with E-state index in [0.29, 0.717) is 32.0 Å². The summed E-state index contributed by atoms with van der Waals surface area (Å²) in [7, 11) is -3.40. The zero-order valence-electron chi connectivity index (χ0n) is 13.9. The van der Waals surface area contributed by atoms with E-state index in [1.165, 1.54) is 10.6 Å². The van der Waals surface area contributed by atoms with Gasteiger partial charge in [0.2, 0.25) is 10.0 Å². The number of nitrogens with zero attached hydrogens (tertiary/aromatic N) is 4. The molecule has 0 fully saturated rings. The maximum absolute atomic E-state index is 12.4. The van der Waals surface area contributed by atoms with Crippen LogP contribution in [0.3, 0.4) is 0 Å². The normalized spacial score (nSPS) is 16.6. The maximum Gasteiger partial charge on any atom is 0.212 e. The average Bonchev–Trinajstić information content (AvgIpc) is 2.78.